The largest absolute Gasteiger partial charge is 0.495 e. The number of ether oxygens (including phenoxy) is 1. The van der Waals surface area contributed by atoms with E-state index in [1.54, 1.807) is 18.2 Å². The molecule has 1 fully saturated rings. The molecule has 1 N–H and O–H groups in total. The number of fused-ring (bicyclic) bond motifs is 1. The first-order valence-corrected chi connectivity index (χ1v) is 8.52. The maximum Gasteiger partial charge on any atom is 0.233 e. The number of rotatable bonds is 5. The SMILES string of the molecule is COc1ccc(NC(=O)CCN2C(=O)[C@H]3CC=CC[C@H]3C2=O)cc1Cl. The minimum absolute atomic E-state index is 0.0496. The second-order valence-corrected chi connectivity index (χ2v) is 6.54. The fraction of sp³-hybridized carbons (Fsp3) is 0.389. The molecule has 0 aromatic heterocycles. The summed E-state index contributed by atoms with van der Waals surface area (Å²) in [7, 11) is 1.51. The fourth-order valence-corrected chi connectivity index (χ4v) is 3.53. The van der Waals surface area contributed by atoms with Crippen molar-refractivity contribution in [3.05, 3.63) is 35.4 Å². The summed E-state index contributed by atoms with van der Waals surface area (Å²) in [6.07, 6.45) is 5.13. The predicted octanol–water partition coefficient (Wildman–Crippen LogP) is 2.63. The quantitative estimate of drug-likeness (QED) is 0.645. The number of anilines is 1. The maximum absolute atomic E-state index is 12.3. The molecule has 1 aromatic rings. The molecule has 2 aliphatic rings. The van der Waals surface area contributed by atoms with E-state index in [2.05, 4.69) is 5.32 Å². The smallest absolute Gasteiger partial charge is 0.233 e. The summed E-state index contributed by atoms with van der Waals surface area (Å²) in [4.78, 5) is 38.0. The Morgan fingerprint density at radius 1 is 1.24 bits per heavy atom. The third-order valence-electron chi connectivity index (χ3n) is 4.60. The van der Waals surface area contributed by atoms with Crippen LogP contribution in [0.4, 0.5) is 5.69 Å². The molecule has 6 nitrogen and oxygen atoms in total. The van der Waals surface area contributed by atoms with E-state index in [1.165, 1.54) is 12.0 Å². The highest BCUT2D eigenvalue weighted by atomic mass is 35.5. The molecule has 2 atom stereocenters. The van der Waals surface area contributed by atoms with Gasteiger partial charge in [0.05, 0.1) is 24.0 Å². The summed E-state index contributed by atoms with van der Waals surface area (Å²) in [5.74, 6) is -0.625. The number of likely N-dealkylation sites (tertiary alicyclic amines) is 1. The van der Waals surface area contributed by atoms with Crippen LogP contribution in [0.15, 0.2) is 30.4 Å². The van der Waals surface area contributed by atoms with Crippen molar-refractivity contribution in [3.8, 4) is 5.75 Å². The van der Waals surface area contributed by atoms with E-state index in [0.29, 0.717) is 29.3 Å². The highest BCUT2D eigenvalue weighted by Crippen LogP contribution is 2.35. The number of methoxy groups -OCH3 is 1. The van der Waals surface area contributed by atoms with Crippen LogP contribution in [-0.2, 0) is 14.4 Å². The fourth-order valence-electron chi connectivity index (χ4n) is 3.27. The Morgan fingerprint density at radius 3 is 2.44 bits per heavy atom. The zero-order valence-corrected chi connectivity index (χ0v) is 14.6. The molecule has 1 aliphatic heterocycles. The van der Waals surface area contributed by atoms with Crippen LogP contribution in [0.5, 0.6) is 5.75 Å². The molecule has 0 bridgehead atoms. The average Bonchev–Trinajstić information content (AvgIpc) is 2.85. The van der Waals surface area contributed by atoms with Crippen molar-refractivity contribution in [1.29, 1.82) is 0 Å². The summed E-state index contributed by atoms with van der Waals surface area (Å²) < 4.78 is 5.06. The monoisotopic (exact) mass is 362 g/mol. The van der Waals surface area contributed by atoms with Crippen LogP contribution in [0, 0.1) is 11.8 Å². The normalized spacial score (nSPS) is 22.1. The van der Waals surface area contributed by atoms with Gasteiger partial charge in [0.15, 0.2) is 0 Å². The lowest BCUT2D eigenvalue weighted by Crippen LogP contribution is -2.34. The highest BCUT2D eigenvalue weighted by molar-refractivity contribution is 6.32. The number of halogens is 1. The van der Waals surface area contributed by atoms with E-state index >= 15 is 0 Å². The lowest BCUT2D eigenvalue weighted by Gasteiger charge is -2.14. The molecule has 0 saturated carbocycles. The van der Waals surface area contributed by atoms with Gasteiger partial charge in [0.1, 0.15) is 5.75 Å². The van der Waals surface area contributed by atoms with Crippen molar-refractivity contribution < 1.29 is 19.1 Å². The second kappa shape index (κ2) is 7.27. The van der Waals surface area contributed by atoms with Gasteiger partial charge in [0, 0.05) is 18.7 Å². The Kier molecular flexibility index (Phi) is 5.08. The number of allylic oxidation sites excluding steroid dienone is 2. The molecular weight excluding hydrogens is 344 g/mol. The standard InChI is InChI=1S/C18H19ClN2O4/c1-25-15-7-6-11(10-14(15)19)20-16(22)8-9-21-17(23)12-4-2-3-5-13(12)18(21)24/h2-3,6-7,10,12-13H,4-5,8-9H2,1H3,(H,20,22)/t12-,13+. The number of amides is 3. The van der Waals surface area contributed by atoms with Gasteiger partial charge in [-0.25, -0.2) is 0 Å². The van der Waals surface area contributed by atoms with Crippen molar-refractivity contribution in [1.82, 2.24) is 4.90 Å². The van der Waals surface area contributed by atoms with E-state index in [9.17, 15) is 14.4 Å². The minimum atomic E-state index is -0.283. The zero-order valence-electron chi connectivity index (χ0n) is 13.8. The third-order valence-corrected chi connectivity index (χ3v) is 4.89. The van der Waals surface area contributed by atoms with Crippen molar-refractivity contribution in [2.75, 3.05) is 19.0 Å². The molecule has 1 aromatic carbocycles. The summed E-state index contributed by atoms with van der Waals surface area (Å²) in [5.41, 5.74) is 0.535. The Hall–Kier alpha value is -2.34. The van der Waals surface area contributed by atoms with Gasteiger partial charge in [-0.15, -0.1) is 0 Å². The van der Waals surface area contributed by atoms with Crippen LogP contribution in [0.2, 0.25) is 5.02 Å². The van der Waals surface area contributed by atoms with Gasteiger partial charge in [-0.3, -0.25) is 19.3 Å². The molecule has 1 aliphatic carbocycles. The van der Waals surface area contributed by atoms with Crippen molar-refractivity contribution in [3.63, 3.8) is 0 Å². The van der Waals surface area contributed by atoms with Gasteiger partial charge >= 0.3 is 0 Å². The number of nitrogens with zero attached hydrogens (tertiary/aromatic N) is 1. The van der Waals surface area contributed by atoms with Gasteiger partial charge < -0.3 is 10.1 Å². The number of hydrogen-bond donors (Lipinski definition) is 1. The average molecular weight is 363 g/mol. The molecule has 7 heteroatoms. The summed E-state index contributed by atoms with van der Waals surface area (Å²) in [5, 5.41) is 3.10. The first-order valence-electron chi connectivity index (χ1n) is 8.15. The van der Waals surface area contributed by atoms with Gasteiger partial charge in [0.25, 0.3) is 0 Å². The molecule has 3 amide bonds. The number of imide groups is 1. The van der Waals surface area contributed by atoms with Crippen LogP contribution in [-0.4, -0.2) is 36.3 Å². The summed E-state index contributed by atoms with van der Waals surface area (Å²) in [6.45, 7) is 0.0976. The van der Waals surface area contributed by atoms with E-state index in [-0.39, 0.29) is 42.5 Å². The van der Waals surface area contributed by atoms with Crippen molar-refractivity contribution >= 4 is 35.0 Å². The first-order chi connectivity index (χ1) is 12.0. The van der Waals surface area contributed by atoms with Gasteiger partial charge in [-0.05, 0) is 31.0 Å². The van der Waals surface area contributed by atoms with E-state index in [1.807, 2.05) is 12.2 Å². The molecule has 25 heavy (non-hydrogen) atoms. The van der Waals surface area contributed by atoms with Gasteiger partial charge in [-0.1, -0.05) is 23.8 Å². The van der Waals surface area contributed by atoms with Gasteiger partial charge in [-0.2, -0.15) is 0 Å². The Morgan fingerprint density at radius 2 is 1.88 bits per heavy atom. The van der Waals surface area contributed by atoms with Crippen molar-refractivity contribution in [2.45, 2.75) is 19.3 Å². The molecule has 0 radical (unpaired) electrons. The molecule has 3 rings (SSSR count). The Balaban J connectivity index is 1.56. The van der Waals surface area contributed by atoms with Crippen molar-refractivity contribution in [2.24, 2.45) is 11.8 Å². The van der Waals surface area contributed by atoms with Gasteiger partial charge in [0.2, 0.25) is 17.7 Å². The molecule has 0 unspecified atom stereocenters. The van der Waals surface area contributed by atoms with E-state index in [0.717, 1.165) is 0 Å². The zero-order chi connectivity index (χ0) is 18.0. The van der Waals surface area contributed by atoms with Crippen LogP contribution in [0.1, 0.15) is 19.3 Å². The minimum Gasteiger partial charge on any atom is -0.495 e. The number of carbonyl (C=O) groups excluding carboxylic acids is 3. The summed E-state index contributed by atoms with van der Waals surface area (Å²) in [6, 6.07) is 4.92. The predicted molar refractivity (Wildman–Crippen MR) is 93.3 cm³/mol. The number of benzene rings is 1. The number of carbonyl (C=O) groups is 3. The lowest BCUT2D eigenvalue weighted by molar-refractivity contribution is -0.140. The lowest BCUT2D eigenvalue weighted by atomic mass is 9.85. The Bertz CT molecular complexity index is 721. The Labute approximate surface area is 150 Å². The second-order valence-electron chi connectivity index (χ2n) is 6.13. The molecule has 1 saturated heterocycles. The molecule has 0 spiro atoms. The molecule has 132 valence electrons. The van der Waals surface area contributed by atoms with Crippen LogP contribution in [0.25, 0.3) is 0 Å². The third kappa shape index (κ3) is 3.54. The van der Waals surface area contributed by atoms with Crippen LogP contribution >= 0.6 is 11.6 Å². The van der Waals surface area contributed by atoms with E-state index in [4.69, 9.17) is 16.3 Å². The summed E-state index contributed by atoms with van der Waals surface area (Å²) >= 11 is 6.02. The highest BCUT2D eigenvalue weighted by Gasteiger charge is 2.46. The topological polar surface area (TPSA) is 75.7 Å². The number of hydrogen-bond acceptors (Lipinski definition) is 4. The molecule has 1 heterocycles. The first kappa shape index (κ1) is 17.5. The number of nitrogens with one attached hydrogen (secondary N) is 1. The molecular formula is C18H19ClN2O4. The van der Waals surface area contributed by atoms with Crippen LogP contribution in [0.3, 0.4) is 0 Å². The van der Waals surface area contributed by atoms with Crippen LogP contribution < -0.4 is 10.1 Å². The maximum atomic E-state index is 12.3. The van der Waals surface area contributed by atoms with E-state index < -0.39 is 0 Å².